The molecule has 0 atom stereocenters. The van der Waals surface area contributed by atoms with E-state index >= 15 is 0 Å². The minimum atomic E-state index is 0.591. The van der Waals surface area contributed by atoms with E-state index in [1.165, 1.54) is 21.9 Å². The zero-order chi connectivity index (χ0) is 41.1. The molecule has 0 radical (unpaired) electrons. The topological polar surface area (TPSA) is 43.6 Å². The van der Waals surface area contributed by atoms with Crippen LogP contribution in [-0.2, 0) is 0 Å². The third kappa shape index (κ3) is 7.17. The van der Waals surface area contributed by atoms with Gasteiger partial charge in [0.05, 0.1) is 11.0 Å². The van der Waals surface area contributed by atoms with Crippen molar-refractivity contribution in [3.8, 4) is 73.2 Å². The van der Waals surface area contributed by atoms with E-state index in [0.29, 0.717) is 17.5 Å². The Bertz CT molecular complexity index is 3230. The van der Waals surface area contributed by atoms with Crippen LogP contribution in [0.2, 0.25) is 0 Å². The molecule has 0 saturated carbocycles. The van der Waals surface area contributed by atoms with Gasteiger partial charge < -0.3 is 4.57 Å². The normalized spacial score (nSPS) is 11.5. The fourth-order valence-electron chi connectivity index (χ4n) is 8.27. The number of rotatable bonds is 10. The highest BCUT2D eigenvalue weighted by Crippen LogP contribution is 2.36. The summed E-state index contributed by atoms with van der Waals surface area (Å²) < 4.78 is 2.32. The molecule has 0 fully saturated rings. The van der Waals surface area contributed by atoms with E-state index in [9.17, 15) is 0 Å². The van der Waals surface area contributed by atoms with Gasteiger partial charge in [-0.25, -0.2) is 15.0 Å². The molecule has 0 aliphatic rings. The van der Waals surface area contributed by atoms with Gasteiger partial charge in [-0.05, 0) is 80.9 Å². The molecule has 0 aliphatic carbocycles. The molecule has 0 bridgehead atoms. The molecule has 2 heterocycles. The van der Waals surface area contributed by atoms with E-state index in [-0.39, 0.29) is 0 Å². The Hall–Kier alpha value is -8.21. The fraction of sp³-hybridized carbons (Fsp3) is 0. The van der Waals surface area contributed by atoms with Crippen molar-refractivity contribution in [3.05, 3.63) is 237 Å². The lowest BCUT2D eigenvalue weighted by Gasteiger charge is -2.14. The zero-order valence-electron chi connectivity index (χ0n) is 33.5. The maximum Gasteiger partial charge on any atom is 0.164 e. The predicted molar refractivity (Wildman–Crippen MR) is 255 cm³/mol. The second-order valence-corrected chi connectivity index (χ2v) is 14.9. The van der Waals surface area contributed by atoms with Crippen LogP contribution in [0, 0.1) is 0 Å². The lowest BCUT2D eigenvalue weighted by atomic mass is 9.95. The van der Waals surface area contributed by atoms with E-state index < -0.39 is 0 Å². The SMILES string of the molecule is C=C/C=C(\C=C)c1cccc(-c2ccccc2-c2nc(-c3ccc(-c4cccc(-c5ccccc5)c4)cc3)nc(-c3cccc(-n4c5ccccc5c5ccccc54)c3)n2)c1. The quantitative estimate of drug-likeness (QED) is 0.130. The minimum absolute atomic E-state index is 0.591. The summed E-state index contributed by atoms with van der Waals surface area (Å²) in [7, 11) is 0. The van der Waals surface area contributed by atoms with Gasteiger partial charge in [-0.2, -0.15) is 0 Å². The summed E-state index contributed by atoms with van der Waals surface area (Å²) in [4.78, 5) is 15.7. The number of para-hydroxylation sites is 2. The van der Waals surface area contributed by atoms with Crippen molar-refractivity contribution in [1.29, 1.82) is 0 Å². The molecule has 0 aliphatic heterocycles. The summed E-state index contributed by atoms with van der Waals surface area (Å²) >= 11 is 0. The van der Waals surface area contributed by atoms with E-state index in [2.05, 4.69) is 206 Å². The molecule has 0 N–H and O–H groups in total. The molecule has 61 heavy (non-hydrogen) atoms. The van der Waals surface area contributed by atoms with Crippen LogP contribution < -0.4 is 0 Å². The molecule has 4 nitrogen and oxygen atoms in total. The largest absolute Gasteiger partial charge is 0.309 e. The van der Waals surface area contributed by atoms with Crippen LogP contribution >= 0.6 is 0 Å². The van der Waals surface area contributed by atoms with Crippen molar-refractivity contribution in [2.75, 3.05) is 0 Å². The summed E-state index contributed by atoms with van der Waals surface area (Å²) in [6.07, 6.45) is 5.62. The molecule has 2 aromatic heterocycles. The van der Waals surface area contributed by atoms with Crippen LogP contribution in [0.5, 0.6) is 0 Å². The van der Waals surface area contributed by atoms with Crippen molar-refractivity contribution in [2.45, 2.75) is 0 Å². The lowest BCUT2D eigenvalue weighted by Crippen LogP contribution is -2.02. The van der Waals surface area contributed by atoms with Crippen LogP contribution in [0.15, 0.2) is 232 Å². The first kappa shape index (κ1) is 37.1. The number of hydrogen-bond acceptors (Lipinski definition) is 3. The molecule has 0 spiro atoms. The number of fused-ring (bicyclic) bond motifs is 3. The van der Waals surface area contributed by atoms with Crippen LogP contribution in [0.25, 0.3) is 101 Å². The van der Waals surface area contributed by atoms with Gasteiger partial charge in [0.2, 0.25) is 0 Å². The van der Waals surface area contributed by atoms with Crippen molar-refractivity contribution in [1.82, 2.24) is 19.5 Å². The van der Waals surface area contributed by atoms with E-state index in [0.717, 1.165) is 66.8 Å². The average molecular weight is 781 g/mol. The Kier molecular flexibility index (Phi) is 9.85. The minimum Gasteiger partial charge on any atom is -0.309 e. The van der Waals surface area contributed by atoms with Gasteiger partial charge in [-0.1, -0.05) is 195 Å². The Labute approximate surface area is 355 Å². The molecule has 10 rings (SSSR count). The van der Waals surface area contributed by atoms with E-state index in [1.807, 2.05) is 24.3 Å². The number of nitrogens with zero attached hydrogens (tertiary/aromatic N) is 4. The van der Waals surface area contributed by atoms with Crippen molar-refractivity contribution >= 4 is 27.4 Å². The average Bonchev–Trinajstić information content (AvgIpc) is 3.68. The van der Waals surface area contributed by atoms with Gasteiger partial charge in [-0.3, -0.25) is 0 Å². The molecular weight excluding hydrogens is 741 g/mol. The highest BCUT2D eigenvalue weighted by molar-refractivity contribution is 6.09. The molecule has 0 saturated heterocycles. The van der Waals surface area contributed by atoms with Gasteiger partial charge >= 0.3 is 0 Å². The number of allylic oxidation sites excluding steroid dienone is 4. The Morgan fingerprint density at radius 2 is 0.918 bits per heavy atom. The molecule has 0 unspecified atom stereocenters. The first-order chi connectivity index (χ1) is 30.1. The van der Waals surface area contributed by atoms with Gasteiger partial charge in [0, 0.05) is 33.2 Å². The number of benzene rings is 8. The first-order valence-corrected chi connectivity index (χ1v) is 20.4. The summed E-state index contributed by atoms with van der Waals surface area (Å²) in [6, 6.07) is 70.1. The number of aromatic nitrogens is 4. The number of hydrogen-bond donors (Lipinski definition) is 0. The van der Waals surface area contributed by atoms with Crippen LogP contribution in [0.4, 0.5) is 0 Å². The van der Waals surface area contributed by atoms with Crippen LogP contribution in [-0.4, -0.2) is 19.5 Å². The highest BCUT2D eigenvalue weighted by atomic mass is 15.0. The third-order valence-corrected chi connectivity index (χ3v) is 11.2. The van der Waals surface area contributed by atoms with E-state index in [1.54, 1.807) is 6.08 Å². The standard InChI is InChI=1S/C57H40N4/c1-3-17-39(4-2)43-20-15-23-46(37-43)49-26-8-9-29-52(49)57-59-55(42-34-32-41(33-35-42)45-22-14-21-44(36-45)40-18-6-5-7-19-40)58-56(60-57)47-24-16-25-48(38-47)61-53-30-12-10-27-50(53)51-28-11-13-31-54(51)61/h3-38H,1-2H2/b39-17+. The summed E-state index contributed by atoms with van der Waals surface area (Å²) in [5.41, 5.74) is 14.8. The van der Waals surface area contributed by atoms with Gasteiger partial charge in [-0.15, -0.1) is 0 Å². The summed E-state index contributed by atoms with van der Waals surface area (Å²) in [6.45, 7) is 7.96. The Morgan fingerprint density at radius 1 is 0.393 bits per heavy atom. The second kappa shape index (κ2) is 16.2. The second-order valence-electron chi connectivity index (χ2n) is 14.9. The van der Waals surface area contributed by atoms with Crippen molar-refractivity contribution in [3.63, 3.8) is 0 Å². The molecular formula is C57H40N4. The smallest absolute Gasteiger partial charge is 0.164 e. The maximum atomic E-state index is 5.27. The maximum absolute atomic E-state index is 5.27. The Balaban J connectivity index is 1.12. The summed E-state index contributed by atoms with van der Waals surface area (Å²) in [5.74, 6) is 1.78. The molecule has 8 aromatic carbocycles. The lowest BCUT2D eigenvalue weighted by molar-refractivity contribution is 1.07. The van der Waals surface area contributed by atoms with Crippen LogP contribution in [0.3, 0.4) is 0 Å². The first-order valence-electron chi connectivity index (χ1n) is 20.4. The predicted octanol–water partition coefficient (Wildman–Crippen LogP) is 14.7. The van der Waals surface area contributed by atoms with Crippen molar-refractivity contribution in [2.24, 2.45) is 0 Å². The van der Waals surface area contributed by atoms with Gasteiger partial charge in [0.15, 0.2) is 17.5 Å². The molecule has 10 aromatic rings. The van der Waals surface area contributed by atoms with E-state index in [4.69, 9.17) is 15.0 Å². The monoisotopic (exact) mass is 780 g/mol. The van der Waals surface area contributed by atoms with Crippen LogP contribution in [0.1, 0.15) is 5.56 Å². The molecule has 0 amide bonds. The fourth-order valence-corrected chi connectivity index (χ4v) is 8.27. The van der Waals surface area contributed by atoms with Crippen molar-refractivity contribution < 1.29 is 0 Å². The Morgan fingerprint density at radius 3 is 1.62 bits per heavy atom. The van der Waals surface area contributed by atoms with Gasteiger partial charge in [0.1, 0.15) is 0 Å². The molecule has 4 heteroatoms. The third-order valence-electron chi connectivity index (χ3n) is 11.2. The highest BCUT2D eigenvalue weighted by Gasteiger charge is 2.18. The molecule has 288 valence electrons. The zero-order valence-corrected chi connectivity index (χ0v) is 33.5. The van der Waals surface area contributed by atoms with Gasteiger partial charge in [0.25, 0.3) is 0 Å². The summed E-state index contributed by atoms with van der Waals surface area (Å²) in [5, 5.41) is 2.42.